The molecule has 0 aliphatic rings. The van der Waals surface area contributed by atoms with Crippen LogP contribution in [-0.2, 0) is 11.0 Å². The summed E-state index contributed by atoms with van der Waals surface area (Å²) in [7, 11) is -1.36. The predicted molar refractivity (Wildman–Crippen MR) is 66.9 cm³/mol. The summed E-state index contributed by atoms with van der Waals surface area (Å²) in [6, 6.07) is 3.96. The Bertz CT molecular complexity index is 440. The first kappa shape index (κ1) is 13.3. The van der Waals surface area contributed by atoms with Gasteiger partial charge in [0, 0.05) is 16.8 Å². The van der Waals surface area contributed by atoms with Crippen molar-refractivity contribution in [2.45, 2.75) is 25.5 Å². The van der Waals surface area contributed by atoms with Crippen LogP contribution in [0, 0.1) is 5.82 Å². The van der Waals surface area contributed by atoms with E-state index < -0.39 is 21.5 Å². The van der Waals surface area contributed by atoms with Gasteiger partial charge in [0.2, 0.25) is 0 Å². The van der Waals surface area contributed by atoms with Crippen molar-refractivity contribution in [2.75, 3.05) is 0 Å². The van der Waals surface area contributed by atoms with Crippen LogP contribution in [0.3, 0.4) is 0 Å². The Morgan fingerprint density at radius 1 is 1.44 bits per heavy atom. The molecule has 1 rings (SSSR count). The molecule has 1 aromatic rings. The van der Waals surface area contributed by atoms with Crippen LogP contribution in [0.25, 0.3) is 0 Å². The van der Waals surface area contributed by atoms with E-state index in [1.54, 1.807) is 0 Å². The van der Waals surface area contributed by atoms with E-state index in [0.29, 0.717) is 10.6 Å². The molecule has 0 unspecified atom stereocenters. The summed E-state index contributed by atoms with van der Waals surface area (Å²) in [5.41, 5.74) is 0.430. The average Bonchev–Trinajstić information content (AvgIpc) is 2.17. The van der Waals surface area contributed by atoms with E-state index in [9.17, 15) is 8.60 Å². The van der Waals surface area contributed by atoms with Gasteiger partial charge in [0.25, 0.3) is 0 Å². The molecule has 1 aromatic carbocycles. The number of rotatable bonds is 2. The lowest BCUT2D eigenvalue weighted by Gasteiger charge is -2.12. The Morgan fingerprint density at radius 2 is 2.06 bits per heavy atom. The van der Waals surface area contributed by atoms with Gasteiger partial charge in [-0.05, 0) is 39.0 Å². The molecule has 0 spiro atoms. The number of hydrogen-bond donors (Lipinski definition) is 0. The van der Waals surface area contributed by atoms with Gasteiger partial charge in [-0.1, -0.05) is 11.6 Å². The molecule has 5 heteroatoms. The second kappa shape index (κ2) is 5.06. The van der Waals surface area contributed by atoms with Crippen molar-refractivity contribution in [3.8, 4) is 0 Å². The average molecular weight is 262 g/mol. The van der Waals surface area contributed by atoms with Crippen LogP contribution in [0.2, 0.25) is 5.02 Å². The van der Waals surface area contributed by atoms with Gasteiger partial charge in [0.1, 0.15) is 16.8 Å². The highest BCUT2D eigenvalue weighted by molar-refractivity contribution is 7.85. The second-order valence-electron chi connectivity index (χ2n) is 4.26. The summed E-state index contributed by atoms with van der Waals surface area (Å²) in [6.45, 7) is 5.44. The Kier molecular flexibility index (Phi) is 4.21. The summed E-state index contributed by atoms with van der Waals surface area (Å²) in [4.78, 5) is 0. The molecule has 0 bridgehead atoms. The van der Waals surface area contributed by atoms with Gasteiger partial charge in [-0.2, -0.15) is 4.40 Å². The molecule has 0 saturated carbocycles. The van der Waals surface area contributed by atoms with E-state index in [-0.39, 0.29) is 0 Å². The number of halogens is 2. The minimum absolute atomic E-state index is 0.385. The summed E-state index contributed by atoms with van der Waals surface area (Å²) in [5, 5.41) is 0.385. The van der Waals surface area contributed by atoms with Gasteiger partial charge < -0.3 is 0 Å². The fourth-order valence-corrected chi connectivity index (χ4v) is 1.57. The van der Waals surface area contributed by atoms with Gasteiger partial charge >= 0.3 is 0 Å². The zero-order valence-corrected chi connectivity index (χ0v) is 10.9. The minimum Gasteiger partial charge on any atom is -0.234 e. The molecule has 1 atom stereocenters. The first-order chi connectivity index (χ1) is 7.30. The molecule has 0 saturated heterocycles. The second-order valence-corrected chi connectivity index (χ2v) is 6.60. The van der Waals surface area contributed by atoms with Gasteiger partial charge in [0.15, 0.2) is 0 Å². The summed E-state index contributed by atoms with van der Waals surface area (Å²) in [6.07, 6.45) is 1.34. The topological polar surface area (TPSA) is 29.4 Å². The molecule has 0 aliphatic heterocycles. The van der Waals surface area contributed by atoms with Crippen LogP contribution in [0.15, 0.2) is 22.6 Å². The lowest BCUT2D eigenvalue weighted by atomic mass is 10.2. The predicted octanol–water partition coefficient (Wildman–Crippen LogP) is 3.36. The third-order valence-corrected chi connectivity index (χ3v) is 3.46. The van der Waals surface area contributed by atoms with Crippen LogP contribution in [0.4, 0.5) is 4.39 Å². The highest BCUT2D eigenvalue weighted by atomic mass is 35.5. The molecule has 16 heavy (non-hydrogen) atoms. The monoisotopic (exact) mass is 261 g/mol. The third kappa shape index (κ3) is 3.68. The van der Waals surface area contributed by atoms with Crippen molar-refractivity contribution in [1.82, 2.24) is 0 Å². The zero-order chi connectivity index (χ0) is 12.3. The Labute approximate surface area is 102 Å². The van der Waals surface area contributed by atoms with E-state index >= 15 is 0 Å². The molecule has 2 nitrogen and oxygen atoms in total. The van der Waals surface area contributed by atoms with E-state index in [2.05, 4.69) is 4.40 Å². The maximum atomic E-state index is 12.9. The van der Waals surface area contributed by atoms with Gasteiger partial charge in [-0.3, -0.25) is 0 Å². The first-order valence-electron chi connectivity index (χ1n) is 4.72. The fraction of sp³-hybridized carbons (Fsp3) is 0.364. The largest absolute Gasteiger partial charge is 0.234 e. The summed E-state index contributed by atoms with van der Waals surface area (Å²) in [5.74, 6) is -0.396. The van der Waals surface area contributed by atoms with Crippen molar-refractivity contribution in [1.29, 1.82) is 0 Å². The maximum absolute atomic E-state index is 12.9. The van der Waals surface area contributed by atoms with Crippen molar-refractivity contribution in [3.63, 3.8) is 0 Å². The van der Waals surface area contributed by atoms with Crippen molar-refractivity contribution in [2.24, 2.45) is 4.40 Å². The van der Waals surface area contributed by atoms with Crippen LogP contribution in [0.5, 0.6) is 0 Å². The highest BCUT2D eigenvalue weighted by Crippen LogP contribution is 2.17. The minimum atomic E-state index is -1.36. The standard InChI is InChI=1S/C11H13ClFNOS/c1-11(2,3)16(15)14-7-8-6-9(13)4-5-10(8)12/h4-7H,1-3H3/b14-7+/t16-/m0/s1. The van der Waals surface area contributed by atoms with E-state index in [0.717, 1.165) is 0 Å². The third-order valence-electron chi connectivity index (χ3n) is 1.77. The molecule has 0 N–H and O–H groups in total. The normalized spacial score (nSPS) is 14.3. The van der Waals surface area contributed by atoms with Crippen LogP contribution in [-0.4, -0.2) is 15.2 Å². The molecule has 0 radical (unpaired) electrons. The lowest BCUT2D eigenvalue weighted by molar-refractivity contribution is 0.627. The van der Waals surface area contributed by atoms with Crippen LogP contribution >= 0.6 is 11.6 Å². The Hall–Kier alpha value is -0.740. The highest BCUT2D eigenvalue weighted by Gasteiger charge is 2.18. The summed E-state index contributed by atoms with van der Waals surface area (Å²) < 4.78 is 27.9. The van der Waals surface area contributed by atoms with Crippen molar-refractivity contribution < 1.29 is 8.60 Å². The number of nitrogens with zero attached hydrogens (tertiary/aromatic N) is 1. The molecule has 88 valence electrons. The molecule has 0 fully saturated rings. The summed E-state index contributed by atoms with van der Waals surface area (Å²) >= 11 is 5.84. The Morgan fingerprint density at radius 3 is 2.62 bits per heavy atom. The van der Waals surface area contributed by atoms with E-state index in [4.69, 9.17) is 11.6 Å². The number of benzene rings is 1. The SMILES string of the molecule is CC(C)(C)[S@](=O)/N=C/c1cc(F)ccc1Cl. The van der Waals surface area contributed by atoms with Crippen molar-refractivity contribution in [3.05, 3.63) is 34.6 Å². The molecular weight excluding hydrogens is 249 g/mol. The molecule has 0 heterocycles. The quantitative estimate of drug-likeness (QED) is 0.751. The smallest absolute Gasteiger partial charge is 0.144 e. The molecular formula is C11H13ClFNOS. The zero-order valence-electron chi connectivity index (χ0n) is 9.33. The number of hydrogen-bond acceptors (Lipinski definition) is 1. The molecule has 0 amide bonds. The van der Waals surface area contributed by atoms with E-state index in [1.165, 1.54) is 24.4 Å². The maximum Gasteiger partial charge on any atom is 0.144 e. The van der Waals surface area contributed by atoms with Crippen LogP contribution in [0.1, 0.15) is 26.3 Å². The van der Waals surface area contributed by atoms with Gasteiger partial charge in [0.05, 0.1) is 4.75 Å². The first-order valence-corrected chi connectivity index (χ1v) is 6.20. The molecule has 0 aliphatic carbocycles. The fourth-order valence-electron chi connectivity index (χ4n) is 0.876. The Balaban J connectivity index is 2.93. The van der Waals surface area contributed by atoms with Gasteiger partial charge in [-0.25, -0.2) is 8.60 Å². The van der Waals surface area contributed by atoms with Crippen LogP contribution < -0.4 is 0 Å². The molecule has 0 aromatic heterocycles. The lowest BCUT2D eigenvalue weighted by Crippen LogP contribution is -2.19. The van der Waals surface area contributed by atoms with E-state index in [1.807, 2.05) is 20.8 Å². The van der Waals surface area contributed by atoms with Crippen molar-refractivity contribution >= 4 is 28.8 Å². The van der Waals surface area contributed by atoms with Gasteiger partial charge in [-0.15, -0.1) is 0 Å².